The predicted molar refractivity (Wildman–Crippen MR) is 74.9 cm³/mol. The van der Waals surface area contributed by atoms with Crippen LogP contribution in [0.3, 0.4) is 0 Å². The van der Waals surface area contributed by atoms with Gasteiger partial charge in [0.05, 0.1) is 5.02 Å². The third-order valence-corrected chi connectivity index (χ3v) is 3.21. The van der Waals surface area contributed by atoms with Gasteiger partial charge in [-0.2, -0.15) is 0 Å². The molecule has 0 aromatic heterocycles. The molecule has 0 aliphatic carbocycles. The first kappa shape index (κ1) is 12.6. The van der Waals surface area contributed by atoms with Crippen molar-refractivity contribution in [2.75, 3.05) is 0 Å². The Morgan fingerprint density at radius 3 is 2.47 bits per heavy atom. The molecular weight excluding hydrogens is 353 g/mol. The van der Waals surface area contributed by atoms with Crippen LogP contribution >= 0.6 is 34.2 Å². The van der Waals surface area contributed by atoms with Gasteiger partial charge in [0.2, 0.25) is 0 Å². The summed E-state index contributed by atoms with van der Waals surface area (Å²) in [5.41, 5.74) is 0.843. The summed E-state index contributed by atoms with van der Waals surface area (Å²) in [5, 5.41) is 0.119. The van der Waals surface area contributed by atoms with Crippen molar-refractivity contribution in [3.05, 3.63) is 62.4 Å². The van der Waals surface area contributed by atoms with E-state index in [1.807, 2.05) is 24.3 Å². The molecule has 0 aliphatic heterocycles. The summed E-state index contributed by atoms with van der Waals surface area (Å²) < 4.78 is 19.6. The summed E-state index contributed by atoms with van der Waals surface area (Å²) in [4.78, 5) is 0. The van der Waals surface area contributed by atoms with Crippen LogP contribution in [0.1, 0.15) is 5.56 Å². The van der Waals surface area contributed by atoms with Gasteiger partial charge in [-0.15, -0.1) is 0 Å². The molecule has 1 nitrogen and oxygen atoms in total. The van der Waals surface area contributed by atoms with Gasteiger partial charge in [0.25, 0.3) is 0 Å². The molecule has 0 radical (unpaired) electrons. The van der Waals surface area contributed by atoms with Crippen molar-refractivity contribution >= 4 is 34.2 Å². The Morgan fingerprint density at radius 2 is 1.82 bits per heavy atom. The van der Waals surface area contributed by atoms with Crippen molar-refractivity contribution in [3.8, 4) is 5.75 Å². The molecule has 4 heteroatoms. The monoisotopic (exact) mass is 362 g/mol. The number of hydrogen-bond donors (Lipinski definition) is 0. The van der Waals surface area contributed by atoms with E-state index in [1.165, 1.54) is 6.07 Å². The minimum Gasteiger partial charge on any atom is -0.489 e. The van der Waals surface area contributed by atoms with Crippen LogP contribution < -0.4 is 4.74 Å². The molecule has 0 spiro atoms. The minimum atomic E-state index is -0.412. The van der Waals surface area contributed by atoms with Crippen LogP contribution in [0, 0.1) is 9.39 Å². The summed E-state index contributed by atoms with van der Waals surface area (Å²) in [6.45, 7) is 0.376. The van der Waals surface area contributed by atoms with Crippen LogP contribution in [0.4, 0.5) is 4.39 Å². The van der Waals surface area contributed by atoms with Crippen LogP contribution in [0.25, 0.3) is 0 Å². The maximum absolute atomic E-state index is 12.9. The van der Waals surface area contributed by atoms with Crippen molar-refractivity contribution in [2.45, 2.75) is 6.61 Å². The van der Waals surface area contributed by atoms with Crippen molar-refractivity contribution in [2.24, 2.45) is 0 Å². The maximum Gasteiger partial charge on any atom is 0.141 e. The average Bonchev–Trinajstić information content (AvgIpc) is 2.33. The van der Waals surface area contributed by atoms with Gasteiger partial charge >= 0.3 is 0 Å². The van der Waals surface area contributed by atoms with Gasteiger partial charge in [0.1, 0.15) is 18.2 Å². The first-order valence-electron chi connectivity index (χ1n) is 4.97. The number of halogens is 3. The SMILES string of the molecule is Fc1ccc(COc2ccc(I)cc2)cc1Cl. The zero-order valence-corrected chi connectivity index (χ0v) is 11.7. The number of benzene rings is 2. The van der Waals surface area contributed by atoms with Crippen molar-refractivity contribution in [3.63, 3.8) is 0 Å². The molecular formula is C13H9ClFIO. The molecule has 2 aromatic rings. The standard InChI is InChI=1S/C13H9ClFIO/c14-12-7-9(1-6-13(12)15)8-17-11-4-2-10(16)3-5-11/h1-7H,8H2. The number of ether oxygens (including phenoxy) is 1. The fraction of sp³-hybridized carbons (Fsp3) is 0.0769. The highest BCUT2D eigenvalue weighted by atomic mass is 127. The van der Waals surface area contributed by atoms with E-state index in [0.29, 0.717) is 6.61 Å². The second-order valence-corrected chi connectivity index (χ2v) is 5.14. The lowest BCUT2D eigenvalue weighted by Crippen LogP contribution is -1.95. The highest BCUT2D eigenvalue weighted by Crippen LogP contribution is 2.19. The molecule has 0 saturated carbocycles. The van der Waals surface area contributed by atoms with Crippen LogP contribution in [-0.2, 0) is 6.61 Å². The van der Waals surface area contributed by atoms with Gasteiger partial charge in [-0.3, -0.25) is 0 Å². The molecule has 0 unspecified atom stereocenters. The van der Waals surface area contributed by atoms with Crippen molar-refractivity contribution in [1.29, 1.82) is 0 Å². The molecule has 17 heavy (non-hydrogen) atoms. The van der Waals surface area contributed by atoms with E-state index in [-0.39, 0.29) is 5.02 Å². The normalized spacial score (nSPS) is 10.3. The van der Waals surface area contributed by atoms with Gasteiger partial charge in [-0.25, -0.2) is 4.39 Å². The lowest BCUT2D eigenvalue weighted by molar-refractivity contribution is 0.306. The lowest BCUT2D eigenvalue weighted by Gasteiger charge is -2.06. The van der Waals surface area contributed by atoms with Gasteiger partial charge in [-0.05, 0) is 64.6 Å². The third-order valence-electron chi connectivity index (χ3n) is 2.20. The minimum absolute atomic E-state index is 0.119. The van der Waals surface area contributed by atoms with E-state index in [2.05, 4.69) is 22.6 Å². The summed E-state index contributed by atoms with van der Waals surface area (Å²) in [5.74, 6) is 0.371. The van der Waals surface area contributed by atoms with Crippen molar-refractivity contribution < 1.29 is 9.13 Å². The van der Waals surface area contributed by atoms with Gasteiger partial charge < -0.3 is 4.74 Å². The molecule has 2 rings (SSSR count). The first-order valence-corrected chi connectivity index (χ1v) is 6.43. The van der Waals surface area contributed by atoms with Crippen LogP contribution in [0.5, 0.6) is 5.75 Å². The Morgan fingerprint density at radius 1 is 1.12 bits per heavy atom. The summed E-state index contributed by atoms with van der Waals surface area (Å²) >= 11 is 7.91. The Balaban J connectivity index is 2.02. The lowest BCUT2D eigenvalue weighted by atomic mass is 10.2. The quantitative estimate of drug-likeness (QED) is 0.722. The summed E-state index contributed by atoms with van der Waals surface area (Å²) in [6, 6.07) is 12.3. The Hall–Kier alpha value is -0.810. The smallest absolute Gasteiger partial charge is 0.141 e. The molecule has 0 fully saturated rings. The number of rotatable bonds is 3. The molecule has 0 atom stereocenters. The fourth-order valence-corrected chi connectivity index (χ4v) is 1.89. The second kappa shape index (κ2) is 5.69. The Kier molecular flexibility index (Phi) is 4.23. The van der Waals surface area contributed by atoms with E-state index in [1.54, 1.807) is 12.1 Å². The van der Waals surface area contributed by atoms with E-state index in [4.69, 9.17) is 16.3 Å². The van der Waals surface area contributed by atoms with E-state index >= 15 is 0 Å². The summed E-state index contributed by atoms with van der Waals surface area (Å²) in [6.07, 6.45) is 0. The van der Waals surface area contributed by atoms with E-state index in [9.17, 15) is 4.39 Å². The Labute approximate surface area is 118 Å². The zero-order chi connectivity index (χ0) is 12.3. The number of hydrogen-bond acceptors (Lipinski definition) is 1. The van der Waals surface area contributed by atoms with Gasteiger partial charge in [0, 0.05) is 3.57 Å². The summed E-state index contributed by atoms with van der Waals surface area (Å²) in [7, 11) is 0. The van der Waals surface area contributed by atoms with E-state index in [0.717, 1.165) is 14.9 Å². The molecule has 0 amide bonds. The average molecular weight is 363 g/mol. The van der Waals surface area contributed by atoms with Crippen LogP contribution in [0.15, 0.2) is 42.5 Å². The molecule has 0 heterocycles. The maximum atomic E-state index is 12.9. The second-order valence-electron chi connectivity index (χ2n) is 3.49. The van der Waals surface area contributed by atoms with Gasteiger partial charge in [0.15, 0.2) is 0 Å². The highest BCUT2D eigenvalue weighted by molar-refractivity contribution is 14.1. The molecule has 0 aliphatic rings. The van der Waals surface area contributed by atoms with Crippen molar-refractivity contribution in [1.82, 2.24) is 0 Å². The first-order chi connectivity index (χ1) is 8.15. The molecule has 0 saturated heterocycles. The Bertz CT molecular complexity index is 513. The highest BCUT2D eigenvalue weighted by Gasteiger charge is 2.01. The molecule has 0 bridgehead atoms. The molecule has 88 valence electrons. The third kappa shape index (κ3) is 3.57. The molecule has 2 aromatic carbocycles. The zero-order valence-electron chi connectivity index (χ0n) is 8.79. The molecule has 0 N–H and O–H groups in total. The van der Waals surface area contributed by atoms with Crippen LogP contribution in [-0.4, -0.2) is 0 Å². The topological polar surface area (TPSA) is 9.23 Å². The van der Waals surface area contributed by atoms with Gasteiger partial charge in [-0.1, -0.05) is 17.7 Å². The largest absolute Gasteiger partial charge is 0.489 e. The fourth-order valence-electron chi connectivity index (χ4n) is 1.33. The van der Waals surface area contributed by atoms with E-state index < -0.39 is 5.82 Å². The van der Waals surface area contributed by atoms with Crippen LogP contribution in [0.2, 0.25) is 5.02 Å². The predicted octanol–water partition coefficient (Wildman–Crippen LogP) is 4.66.